The summed E-state index contributed by atoms with van der Waals surface area (Å²) in [6, 6.07) is 2.84. The quantitative estimate of drug-likeness (QED) is 0.904. The summed E-state index contributed by atoms with van der Waals surface area (Å²) >= 11 is 5.37. The third-order valence-electron chi connectivity index (χ3n) is 3.09. The summed E-state index contributed by atoms with van der Waals surface area (Å²) in [6.07, 6.45) is 2.48. The number of nitrogens with zero attached hydrogens (tertiary/aromatic N) is 3. The van der Waals surface area contributed by atoms with E-state index >= 15 is 0 Å². The number of aryl methyl sites for hydroxylation is 1. The molecule has 0 aromatic carbocycles. The molecule has 1 N–H and O–H groups in total. The molecule has 2 aromatic heterocycles. The summed E-state index contributed by atoms with van der Waals surface area (Å²) in [4.78, 5) is 5.71. The van der Waals surface area contributed by atoms with Crippen molar-refractivity contribution in [3.8, 4) is 0 Å². The Morgan fingerprint density at radius 1 is 1.47 bits per heavy atom. The Morgan fingerprint density at radius 2 is 2.21 bits per heavy atom. The minimum atomic E-state index is 0.275. The van der Waals surface area contributed by atoms with Crippen LogP contribution in [-0.4, -0.2) is 21.8 Å². The normalized spacial score (nSPS) is 13.2. The van der Waals surface area contributed by atoms with Crippen molar-refractivity contribution in [1.82, 2.24) is 20.1 Å². The second-order valence-electron chi connectivity index (χ2n) is 4.87. The lowest BCUT2D eigenvalue weighted by Gasteiger charge is -2.16. The molecule has 0 aliphatic heterocycles. The second kappa shape index (κ2) is 6.15. The van der Waals surface area contributed by atoms with Crippen LogP contribution in [-0.2, 0) is 6.42 Å². The van der Waals surface area contributed by atoms with Crippen LogP contribution in [0.5, 0.6) is 0 Å². The van der Waals surface area contributed by atoms with Crippen molar-refractivity contribution in [3.05, 3.63) is 32.4 Å². The molecule has 0 spiro atoms. The van der Waals surface area contributed by atoms with Gasteiger partial charge in [-0.15, -0.1) is 11.3 Å². The zero-order valence-corrected chi connectivity index (χ0v) is 14.0. The minimum absolute atomic E-state index is 0.275. The average molecular weight is 343 g/mol. The van der Waals surface area contributed by atoms with Gasteiger partial charge in [-0.3, -0.25) is 0 Å². The van der Waals surface area contributed by atoms with Gasteiger partial charge in [0.25, 0.3) is 0 Å². The lowest BCUT2D eigenvalue weighted by atomic mass is 10.1. The Balaban J connectivity index is 2.21. The first-order chi connectivity index (χ1) is 9.02. The van der Waals surface area contributed by atoms with Gasteiger partial charge >= 0.3 is 0 Å². The largest absolute Gasteiger partial charge is 0.312 e. The van der Waals surface area contributed by atoms with Crippen molar-refractivity contribution in [1.29, 1.82) is 0 Å². The lowest BCUT2D eigenvalue weighted by molar-refractivity contribution is 0.480. The Morgan fingerprint density at radius 3 is 2.74 bits per heavy atom. The smallest absolute Gasteiger partial charge is 0.138 e. The zero-order valence-electron chi connectivity index (χ0n) is 11.6. The molecule has 4 nitrogen and oxygen atoms in total. The summed E-state index contributed by atoms with van der Waals surface area (Å²) in [5.41, 5.74) is 1.28. The zero-order chi connectivity index (χ0) is 14.0. The van der Waals surface area contributed by atoms with Gasteiger partial charge in [0.15, 0.2) is 0 Å². The summed E-state index contributed by atoms with van der Waals surface area (Å²) in [5.74, 6) is 1.02. The molecule has 0 aliphatic rings. The van der Waals surface area contributed by atoms with Gasteiger partial charge in [0.1, 0.15) is 12.2 Å². The number of nitrogens with one attached hydrogen (secondary N) is 1. The molecule has 0 radical (unpaired) electrons. The predicted molar refractivity (Wildman–Crippen MR) is 82.7 cm³/mol. The Labute approximate surface area is 126 Å². The molecule has 0 aliphatic carbocycles. The van der Waals surface area contributed by atoms with Crippen molar-refractivity contribution in [2.75, 3.05) is 7.05 Å². The van der Waals surface area contributed by atoms with Gasteiger partial charge in [0, 0.05) is 23.4 Å². The monoisotopic (exact) mass is 342 g/mol. The SMILES string of the molecule is CNC(Cc1ncnn1C(C)C)c1cc(C)c(Br)s1. The molecule has 0 saturated carbocycles. The third-order valence-corrected chi connectivity index (χ3v) is 5.34. The van der Waals surface area contributed by atoms with Crippen LogP contribution in [0.3, 0.4) is 0 Å². The Bertz CT molecular complexity index is 527. The lowest BCUT2D eigenvalue weighted by Crippen LogP contribution is -2.20. The molecule has 6 heteroatoms. The van der Waals surface area contributed by atoms with Crippen LogP contribution >= 0.6 is 27.3 Å². The maximum absolute atomic E-state index is 4.38. The molecule has 19 heavy (non-hydrogen) atoms. The fourth-order valence-corrected chi connectivity index (χ4v) is 3.72. The van der Waals surface area contributed by atoms with Crippen LogP contribution in [0.15, 0.2) is 16.2 Å². The van der Waals surface area contributed by atoms with E-state index < -0.39 is 0 Å². The van der Waals surface area contributed by atoms with Crippen molar-refractivity contribution in [3.63, 3.8) is 0 Å². The molecule has 1 unspecified atom stereocenters. The number of likely N-dealkylation sites (N-methyl/N-ethyl adjacent to an activating group) is 1. The van der Waals surface area contributed by atoms with E-state index in [4.69, 9.17) is 0 Å². The minimum Gasteiger partial charge on any atom is -0.312 e. The maximum atomic E-state index is 4.38. The first-order valence-electron chi connectivity index (χ1n) is 6.34. The number of rotatable bonds is 5. The number of halogens is 1. The molecule has 2 rings (SSSR count). The molecular weight excluding hydrogens is 324 g/mol. The van der Waals surface area contributed by atoms with E-state index in [1.165, 1.54) is 14.2 Å². The number of hydrogen-bond acceptors (Lipinski definition) is 4. The molecule has 2 heterocycles. The van der Waals surface area contributed by atoms with Crippen LogP contribution in [0.2, 0.25) is 0 Å². The first-order valence-corrected chi connectivity index (χ1v) is 7.95. The maximum Gasteiger partial charge on any atom is 0.138 e. The summed E-state index contributed by atoms with van der Waals surface area (Å²) in [5, 5.41) is 7.66. The van der Waals surface area contributed by atoms with Gasteiger partial charge in [-0.05, 0) is 55.4 Å². The van der Waals surface area contributed by atoms with Gasteiger partial charge < -0.3 is 5.32 Å². The van der Waals surface area contributed by atoms with Crippen LogP contribution < -0.4 is 5.32 Å². The summed E-state index contributed by atoms with van der Waals surface area (Å²) in [6.45, 7) is 6.37. The summed E-state index contributed by atoms with van der Waals surface area (Å²) in [7, 11) is 1.99. The Kier molecular flexibility index (Phi) is 4.76. The number of thiophene rings is 1. The van der Waals surface area contributed by atoms with Crippen molar-refractivity contribution in [2.45, 2.75) is 39.3 Å². The molecular formula is C13H19BrN4S. The number of hydrogen-bond donors (Lipinski definition) is 1. The molecule has 1 atom stereocenters. The fraction of sp³-hybridized carbons (Fsp3) is 0.538. The fourth-order valence-electron chi connectivity index (χ4n) is 2.03. The summed E-state index contributed by atoms with van der Waals surface area (Å²) < 4.78 is 3.19. The van der Waals surface area contributed by atoms with E-state index in [0.717, 1.165) is 12.2 Å². The third kappa shape index (κ3) is 3.24. The highest BCUT2D eigenvalue weighted by Crippen LogP contribution is 2.32. The van der Waals surface area contributed by atoms with Gasteiger partial charge in [-0.1, -0.05) is 0 Å². The van der Waals surface area contributed by atoms with Crippen LogP contribution in [0.4, 0.5) is 0 Å². The van der Waals surface area contributed by atoms with Gasteiger partial charge in [-0.25, -0.2) is 9.67 Å². The van der Waals surface area contributed by atoms with Crippen molar-refractivity contribution < 1.29 is 0 Å². The van der Waals surface area contributed by atoms with Gasteiger partial charge in [0.2, 0.25) is 0 Å². The van der Waals surface area contributed by atoms with Crippen molar-refractivity contribution in [2.24, 2.45) is 0 Å². The highest BCUT2D eigenvalue weighted by molar-refractivity contribution is 9.11. The average Bonchev–Trinajstić information content (AvgIpc) is 2.94. The topological polar surface area (TPSA) is 42.7 Å². The first kappa shape index (κ1) is 14.7. The molecule has 0 amide bonds. The van der Waals surface area contributed by atoms with Crippen LogP contribution in [0, 0.1) is 6.92 Å². The van der Waals surface area contributed by atoms with Gasteiger partial charge in [-0.2, -0.15) is 5.10 Å². The van der Waals surface area contributed by atoms with E-state index in [2.05, 4.69) is 58.2 Å². The van der Waals surface area contributed by atoms with E-state index in [1.807, 2.05) is 11.7 Å². The Hall–Kier alpha value is -0.720. The second-order valence-corrected chi connectivity index (χ2v) is 7.27. The molecule has 0 fully saturated rings. The standard InChI is InChI=1S/C13H19BrN4S/c1-8(2)18-12(16-7-17-18)6-10(15-4)11-5-9(3)13(14)19-11/h5,7-8,10,15H,6H2,1-4H3. The van der Waals surface area contributed by atoms with Gasteiger partial charge in [0.05, 0.1) is 3.79 Å². The highest BCUT2D eigenvalue weighted by atomic mass is 79.9. The van der Waals surface area contributed by atoms with Crippen LogP contribution in [0.1, 0.15) is 42.2 Å². The van der Waals surface area contributed by atoms with Crippen LogP contribution in [0.25, 0.3) is 0 Å². The van der Waals surface area contributed by atoms with E-state index in [-0.39, 0.29) is 6.04 Å². The molecule has 104 valence electrons. The predicted octanol–water partition coefficient (Wildman–Crippen LogP) is 3.49. The van der Waals surface area contributed by atoms with E-state index in [0.29, 0.717) is 6.04 Å². The van der Waals surface area contributed by atoms with E-state index in [1.54, 1.807) is 17.7 Å². The number of aromatic nitrogens is 3. The van der Waals surface area contributed by atoms with Crippen molar-refractivity contribution >= 4 is 27.3 Å². The highest BCUT2D eigenvalue weighted by Gasteiger charge is 2.18. The molecule has 0 bridgehead atoms. The molecule has 2 aromatic rings. The molecule has 0 saturated heterocycles. The van der Waals surface area contributed by atoms with E-state index in [9.17, 15) is 0 Å².